The number of aliphatic hydroxyl groups is 1. The number of unbranched alkanes of at least 4 members (excludes halogenated alkanes) is 3. The molecule has 1 spiro atoms. The van der Waals surface area contributed by atoms with Gasteiger partial charge in [-0.3, -0.25) is 14.4 Å². The number of hydrogen-bond acceptors (Lipinski definition) is 5. The van der Waals surface area contributed by atoms with Crippen LogP contribution in [0.5, 0.6) is 0 Å². The summed E-state index contributed by atoms with van der Waals surface area (Å²) in [5, 5.41) is 9.31. The molecule has 0 aromatic carbocycles. The van der Waals surface area contributed by atoms with E-state index in [9.17, 15) is 19.5 Å². The van der Waals surface area contributed by atoms with Gasteiger partial charge in [0.2, 0.25) is 17.7 Å². The molecule has 1 N–H and O–H groups in total. The summed E-state index contributed by atoms with van der Waals surface area (Å²) in [6.07, 6.45) is 8.63. The van der Waals surface area contributed by atoms with E-state index in [1.54, 1.807) is 33.9 Å². The summed E-state index contributed by atoms with van der Waals surface area (Å²) in [7, 11) is 1.71. The number of likely N-dealkylation sites (tertiary alicyclic amines) is 1. The van der Waals surface area contributed by atoms with E-state index in [0.717, 1.165) is 19.3 Å². The molecule has 0 aliphatic carbocycles. The van der Waals surface area contributed by atoms with Gasteiger partial charge in [0, 0.05) is 39.8 Å². The Morgan fingerprint density at radius 1 is 1.14 bits per heavy atom. The first-order chi connectivity index (χ1) is 16.7. The maximum atomic E-state index is 14.1. The van der Waals surface area contributed by atoms with Crippen molar-refractivity contribution in [3.8, 4) is 0 Å². The molecule has 3 aliphatic heterocycles. The minimum atomic E-state index is -1.01. The molecule has 3 saturated heterocycles. The summed E-state index contributed by atoms with van der Waals surface area (Å²) >= 11 is 0. The molecule has 3 heterocycles. The number of hydrogen-bond donors (Lipinski definition) is 1. The summed E-state index contributed by atoms with van der Waals surface area (Å²) in [6, 6.07) is -0.774. The van der Waals surface area contributed by atoms with Crippen LogP contribution >= 0.6 is 0 Å². The number of carbonyl (C=O) groups excluding carboxylic acids is 3. The molecule has 3 rings (SSSR count). The predicted molar refractivity (Wildman–Crippen MR) is 134 cm³/mol. The number of amides is 3. The summed E-state index contributed by atoms with van der Waals surface area (Å²) < 4.78 is 6.67. The Morgan fingerprint density at radius 3 is 2.49 bits per heavy atom. The molecule has 0 saturated carbocycles. The van der Waals surface area contributed by atoms with Crippen LogP contribution < -0.4 is 0 Å². The van der Waals surface area contributed by atoms with E-state index in [4.69, 9.17) is 4.74 Å². The minimum Gasteiger partial charge on any atom is -0.396 e. The lowest BCUT2D eigenvalue weighted by molar-refractivity contribution is -0.153. The van der Waals surface area contributed by atoms with E-state index in [1.807, 2.05) is 6.92 Å². The molecular formula is C27H43N3O5. The first kappa shape index (κ1) is 27.4. The van der Waals surface area contributed by atoms with Crippen LogP contribution in [0.25, 0.3) is 0 Å². The normalized spacial score (nSPS) is 30.9. The van der Waals surface area contributed by atoms with Gasteiger partial charge in [0.1, 0.15) is 11.6 Å². The molecule has 0 radical (unpaired) electrons. The van der Waals surface area contributed by atoms with Gasteiger partial charge < -0.3 is 24.5 Å². The van der Waals surface area contributed by atoms with Gasteiger partial charge in [-0.1, -0.05) is 31.9 Å². The maximum absolute atomic E-state index is 14.1. The molecule has 3 amide bonds. The van der Waals surface area contributed by atoms with Gasteiger partial charge >= 0.3 is 0 Å². The minimum absolute atomic E-state index is 0.0247. The van der Waals surface area contributed by atoms with Gasteiger partial charge in [-0.25, -0.2) is 0 Å². The summed E-state index contributed by atoms with van der Waals surface area (Å²) in [5.74, 6) is -1.77. The fourth-order valence-electron chi connectivity index (χ4n) is 6.41. The summed E-state index contributed by atoms with van der Waals surface area (Å²) in [4.78, 5) is 46.7. The Balaban J connectivity index is 2.00. The van der Waals surface area contributed by atoms with Crippen LogP contribution in [-0.4, -0.2) is 94.6 Å². The first-order valence-corrected chi connectivity index (χ1v) is 13.1. The molecule has 3 aliphatic rings. The fourth-order valence-corrected chi connectivity index (χ4v) is 6.41. The Bertz CT molecular complexity index is 832. The fraction of sp³-hybridized carbons (Fsp3) is 0.741. The zero-order valence-electron chi connectivity index (χ0n) is 21.7. The molecule has 0 aromatic rings. The Hall–Kier alpha value is -2.19. The van der Waals surface area contributed by atoms with Crippen LogP contribution in [0.4, 0.5) is 0 Å². The lowest BCUT2D eigenvalue weighted by Gasteiger charge is -2.37. The van der Waals surface area contributed by atoms with E-state index >= 15 is 0 Å². The first-order valence-electron chi connectivity index (χ1n) is 13.1. The lowest BCUT2D eigenvalue weighted by atomic mass is 9.66. The third kappa shape index (κ3) is 4.79. The third-order valence-electron chi connectivity index (χ3n) is 8.06. The number of carbonyl (C=O) groups is 3. The molecule has 196 valence electrons. The zero-order valence-corrected chi connectivity index (χ0v) is 21.7. The van der Waals surface area contributed by atoms with Crippen molar-refractivity contribution in [2.45, 2.75) is 76.0 Å². The third-order valence-corrected chi connectivity index (χ3v) is 8.06. The van der Waals surface area contributed by atoms with Crippen molar-refractivity contribution in [2.75, 3.05) is 39.8 Å². The topological polar surface area (TPSA) is 90.4 Å². The standard InChI is InChI=1S/C27H43N3O5/c1-6-9-10-17-29(16-8-3)25(34)22-27-14-13-26(4,35-27)20(23(32)28(5)15-7-2)21(27)24(33)30(22)18-11-12-19-31/h7-8,20-22,31H,2-3,6,9-19H2,1,4-5H3/t20-,21+,22?,26+,27?/m1/s1. The van der Waals surface area contributed by atoms with Crippen molar-refractivity contribution in [2.24, 2.45) is 11.8 Å². The van der Waals surface area contributed by atoms with Gasteiger partial charge in [0.15, 0.2) is 0 Å². The van der Waals surface area contributed by atoms with Gasteiger partial charge in [-0.15, -0.1) is 13.2 Å². The predicted octanol–water partition coefficient (Wildman–Crippen LogP) is 2.37. The number of ether oxygens (including phenoxy) is 1. The highest BCUT2D eigenvalue weighted by Crippen LogP contribution is 2.63. The summed E-state index contributed by atoms with van der Waals surface area (Å²) in [6.45, 7) is 13.4. The lowest BCUT2D eigenvalue weighted by Crippen LogP contribution is -2.56. The Morgan fingerprint density at radius 2 is 1.86 bits per heavy atom. The Labute approximate surface area is 210 Å². The van der Waals surface area contributed by atoms with E-state index in [-0.39, 0.29) is 24.3 Å². The van der Waals surface area contributed by atoms with E-state index in [2.05, 4.69) is 20.1 Å². The largest absolute Gasteiger partial charge is 0.396 e. The van der Waals surface area contributed by atoms with Crippen LogP contribution in [0.2, 0.25) is 0 Å². The molecule has 5 atom stereocenters. The van der Waals surface area contributed by atoms with Crippen LogP contribution in [0, 0.1) is 11.8 Å². The average Bonchev–Trinajstić information content (AvgIpc) is 3.39. The molecular weight excluding hydrogens is 446 g/mol. The Kier molecular flexibility index (Phi) is 8.81. The highest BCUT2D eigenvalue weighted by molar-refractivity contribution is 5.99. The monoisotopic (exact) mass is 489 g/mol. The smallest absolute Gasteiger partial charge is 0.248 e. The average molecular weight is 490 g/mol. The quantitative estimate of drug-likeness (QED) is 0.299. The van der Waals surface area contributed by atoms with E-state index in [1.165, 1.54) is 0 Å². The van der Waals surface area contributed by atoms with Gasteiger partial charge in [0.05, 0.1) is 17.4 Å². The zero-order chi connectivity index (χ0) is 25.8. The van der Waals surface area contributed by atoms with Crippen LogP contribution in [0.3, 0.4) is 0 Å². The van der Waals surface area contributed by atoms with Crippen molar-refractivity contribution in [1.82, 2.24) is 14.7 Å². The number of aliphatic hydroxyl groups excluding tert-OH is 1. The van der Waals surface area contributed by atoms with Gasteiger partial charge in [-0.05, 0) is 39.0 Å². The molecule has 3 fully saturated rings. The second-order valence-electron chi connectivity index (χ2n) is 10.5. The number of fused-ring (bicyclic) bond motifs is 1. The van der Waals surface area contributed by atoms with Crippen molar-refractivity contribution in [1.29, 1.82) is 0 Å². The van der Waals surface area contributed by atoms with Crippen molar-refractivity contribution in [3.63, 3.8) is 0 Å². The van der Waals surface area contributed by atoms with E-state index in [0.29, 0.717) is 51.9 Å². The van der Waals surface area contributed by atoms with Crippen LogP contribution in [-0.2, 0) is 19.1 Å². The molecule has 0 aromatic heterocycles. The number of likely N-dealkylation sites (N-methyl/N-ethyl adjacent to an activating group) is 1. The highest BCUT2D eigenvalue weighted by Gasteiger charge is 2.78. The van der Waals surface area contributed by atoms with Crippen LogP contribution in [0.1, 0.15) is 58.8 Å². The molecule has 2 bridgehead atoms. The number of nitrogens with zero attached hydrogens (tertiary/aromatic N) is 3. The van der Waals surface area contributed by atoms with E-state index < -0.39 is 29.1 Å². The molecule has 8 nitrogen and oxygen atoms in total. The molecule has 8 heteroatoms. The summed E-state index contributed by atoms with van der Waals surface area (Å²) in [5.41, 5.74) is -1.80. The van der Waals surface area contributed by atoms with Crippen molar-refractivity contribution >= 4 is 17.7 Å². The second-order valence-corrected chi connectivity index (χ2v) is 10.5. The SMILES string of the molecule is C=CCN(C)C(=O)[C@H]1[C@H]2C(=O)N(CCCCO)C(C(=O)N(CC=C)CCCCC)C23CC[C@]1(C)O3. The second kappa shape index (κ2) is 11.2. The highest BCUT2D eigenvalue weighted by atomic mass is 16.5. The van der Waals surface area contributed by atoms with Crippen molar-refractivity contribution in [3.05, 3.63) is 25.3 Å². The van der Waals surface area contributed by atoms with Gasteiger partial charge in [-0.2, -0.15) is 0 Å². The molecule has 35 heavy (non-hydrogen) atoms. The van der Waals surface area contributed by atoms with Crippen LogP contribution in [0.15, 0.2) is 25.3 Å². The van der Waals surface area contributed by atoms with Crippen molar-refractivity contribution < 1.29 is 24.2 Å². The number of rotatable bonds is 14. The maximum Gasteiger partial charge on any atom is 0.248 e. The molecule has 2 unspecified atom stereocenters. The van der Waals surface area contributed by atoms with Gasteiger partial charge in [0.25, 0.3) is 0 Å².